The summed E-state index contributed by atoms with van der Waals surface area (Å²) < 4.78 is 44.6. The van der Waals surface area contributed by atoms with Crippen LogP contribution in [0.4, 0.5) is 13.2 Å². The van der Waals surface area contributed by atoms with E-state index in [-0.39, 0.29) is 25.1 Å². The molecule has 188 valence electrons. The molecule has 0 aliphatic heterocycles. The zero-order chi connectivity index (χ0) is 25.6. The van der Waals surface area contributed by atoms with E-state index in [1.54, 1.807) is 36.4 Å². The van der Waals surface area contributed by atoms with E-state index in [9.17, 15) is 22.8 Å². The third-order valence-corrected chi connectivity index (χ3v) is 5.92. The third-order valence-electron chi connectivity index (χ3n) is 5.66. The van der Waals surface area contributed by atoms with Crippen molar-refractivity contribution in [3.05, 3.63) is 64.4 Å². The van der Waals surface area contributed by atoms with Crippen LogP contribution in [0.2, 0.25) is 0 Å². The molecule has 0 radical (unpaired) electrons. The maximum atomic E-state index is 13.0. The van der Waals surface area contributed by atoms with Gasteiger partial charge in [-0.25, -0.2) is 0 Å². The van der Waals surface area contributed by atoms with Crippen LogP contribution in [-0.4, -0.2) is 42.9 Å². The maximum absolute atomic E-state index is 13.0. The van der Waals surface area contributed by atoms with Crippen molar-refractivity contribution in [2.75, 3.05) is 13.2 Å². The molecule has 1 aromatic rings. The summed E-state index contributed by atoms with van der Waals surface area (Å²) in [7, 11) is 0. The summed E-state index contributed by atoms with van der Waals surface area (Å²) in [5.41, 5.74) is 10.4. The summed E-state index contributed by atoms with van der Waals surface area (Å²) in [6, 6.07) is 5.67. The van der Waals surface area contributed by atoms with Crippen LogP contribution >= 0.6 is 11.6 Å². The van der Waals surface area contributed by atoms with Crippen LogP contribution in [0.3, 0.4) is 0 Å². The molecule has 3 rings (SSSR count). The van der Waals surface area contributed by atoms with Crippen LogP contribution in [-0.2, 0) is 4.79 Å². The molecule has 11 heteroatoms. The number of hydrogen-bond acceptors (Lipinski definition) is 5. The second-order valence-corrected chi connectivity index (χ2v) is 8.57. The normalized spacial score (nSPS) is 23.0. The molecule has 0 bridgehead atoms. The van der Waals surface area contributed by atoms with Gasteiger partial charge in [0.1, 0.15) is 18.1 Å². The summed E-state index contributed by atoms with van der Waals surface area (Å²) in [6.45, 7) is 0.319. The Morgan fingerprint density at radius 2 is 1.83 bits per heavy atom. The van der Waals surface area contributed by atoms with Crippen molar-refractivity contribution in [2.45, 2.75) is 37.9 Å². The molecule has 35 heavy (non-hydrogen) atoms. The highest BCUT2D eigenvalue weighted by Crippen LogP contribution is 2.31. The highest BCUT2D eigenvalue weighted by atomic mass is 35.5. The number of halogens is 4. The first kappa shape index (κ1) is 26.3. The highest BCUT2D eigenvalue weighted by Gasteiger charge is 2.35. The van der Waals surface area contributed by atoms with Crippen LogP contribution < -0.4 is 21.5 Å². The molecule has 2 amide bonds. The maximum Gasteiger partial charge on any atom is 0.431 e. The van der Waals surface area contributed by atoms with E-state index in [1.807, 2.05) is 0 Å². The molecule has 0 spiro atoms. The van der Waals surface area contributed by atoms with Crippen LogP contribution in [0, 0.1) is 5.92 Å². The number of carbonyl (C=O) groups excluding carboxylic acids is 2. The molecule has 1 aromatic carbocycles. The van der Waals surface area contributed by atoms with Crippen LogP contribution in [0.1, 0.15) is 36.0 Å². The molecule has 2 unspecified atom stereocenters. The van der Waals surface area contributed by atoms with Crippen LogP contribution in [0.5, 0.6) is 5.75 Å². The molecule has 0 saturated heterocycles. The molecule has 5 N–H and O–H groups in total. The first-order valence-electron chi connectivity index (χ1n) is 11.0. The van der Waals surface area contributed by atoms with Gasteiger partial charge in [0.25, 0.3) is 5.91 Å². The smallest absolute Gasteiger partial charge is 0.431 e. The number of primary amides is 1. The van der Waals surface area contributed by atoms with E-state index < -0.39 is 35.6 Å². The molecular weight excluding hydrogens is 485 g/mol. The van der Waals surface area contributed by atoms with Gasteiger partial charge in [-0.05, 0) is 56.0 Å². The number of amides is 2. The predicted octanol–water partition coefficient (Wildman–Crippen LogP) is 3.75. The van der Waals surface area contributed by atoms with E-state index in [0.717, 1.165) is 6.42 Å². The standard InChI is InChI=1S/C24H26ClF3N4O3/c25-15-7-10-20(18(13-15)22(30)33)32-23(34)14-5-8-16(9-6-14)35-12-11-31-19-4-2-1-3-17(19)21(29)24(26,27)28/h5-10,13,18,20H,1-4,11-12,29H2,(H2,30,33)(H,32,34). The van der Waals surface area contributed by atoms with Crippen molar-refractivity contribution in [2.24, 2.45) is 22.4 Å². The summed E-state index contributed by atoms with van der Waals surface area (Å²) in [6.07, 6.45) is 2.21. The highest BCUT2D eigenvalue weighted by molar-refractivity contribution is 6.31. The van der Waals surface area contributed by atoms with E-state index in [4.69, 9.17) is 27.8 Å². The van der Waals surface area contributed by atoms with Gasteiger partial charge in [-0.2, -0.15) is 13.2 Å². The van der Waals surface area contributed by atoms with Crippen molar-refractivity contribution in [1.29, 1.82) is 0 Å². The number of allylic oxidation sites excluding steroid dienone is 4. The van der Waals surface area contributed by atoms with Gasteiger partial charge in [-0.15, -0.1) is 0 Å². The van der Waals surface area contributed by atoms with Gasteiger partial charge in [-0.1, -0.05) is 23.8 Å². The first-order chi connectivity index (χ1) is 16.6. The fraction of sp³-hybridized carbons (Fsp3) is 0.375. The molecule has 2 aliphatic rings. The number of nitrogens with two attached hydrogens (primary N) is 2. The fourth-order valence-corrected chi connectivity index (χ4v) is 4.06. The lowest BCUT2D eigenvalue weighted by molar-refractivity contribution is -0.120. The monoisotopic (exact) mass is 510 g/mol. The van der Waals surface area contributed by atoms with Crippen LogP contribution in [0.25, 0.3) is 0 Å². The molecule has 1 saturated carbocycles. The summed E-state index contributed by atoms with van der Waals surface area (Å²) in [5, 5.41) is 3.10. The van der Waals surface area contributed by atoms with E-state index in [0.29, 0.717) is 34.9 Å². The van der Waals surface area contributed by atoms with Gasteiger partial charge in [-0.3, -0.25) is 14.6 Å². The van der Waals surface area contributed by atoms with Gasteiger partial charge in [0.15, 0.2) is 0 Å². The number of rotatable bonds is 7. The summed E-state index contributed by atoms with van der Waals surface area (Å²) >= 11 is 5.91. The minimum atomic E-state index is -4.57. The van der Waals surface area contributed by atoms with Crippen LogP contribution in [0.15, 0.2) is 63.8 Å². The third kappa shape index (κ3) is 7.11. The van der Waals surface area contributed by atoms with Gasteiger partial charge in [0.2, 0.25) is 5.91 Å². The summed E-state index contributed by atoms with van der Waals surface area (Å²) in [4.78, 5) is 28.5. The van der Waals surface area contributed by atoms with E-state index in [2.05, 4.69) is 10.3 Å². The van der Waals surface area contributed by atoms with Crippen molar-refractivity contribution in [3.8, 4) is 5.75 Å². The topological polar surface area (TPSA) is 120 Å². The Balaban J connectivity index is 1.55. The lowest BCUT2D eigenvalue weighted by atomic mass is 9.91. The Hall–Kier alpha value is -3.27. The molecule has 0 aromatic heterocycles. The number of carbonyl (C=O) groups is 2. The lowest BCUT2D eigenvalue weighted by Crippen LogP contribution is -2.44. The van der Waals surface area contributed by atoms with Gasteiger partial charge in [0.05, 0.1) is 18.5 Å². The number of benzene rings is 1. The largest absolute Gasteiger partial charge is 0.492 e. The van der Waals surface area contributed by atoms with E-state index >= 15 is 0 Å². The Labute approximate surface area is 205 Å². The second kappa shape index (κ2) is 11.4. The molecule has 7 nitrogen and oxygen atoms in total. The Kier molecular flexibility index (Phi) is 8.61. The average molecular weight is 511 g/mol. The quantitative estimate of drug-likeness (QED) is 0.484. The van der Waals surface area contributed by atoms with Crippen molar-refractivity contribution < 1.29 is 27.5 Å². The Morgan fingerprint density at radius 1 is 1.14 bits per heavy atom. The van der Waals surface area contributed by atoms with E-state index in [1.165, 1.54) is 6.08 Å². The number of ether oxygens (including phenoxy) is 1. The number of hydrogen-bond donors (Lipinski definition) is 3. The second-order valence-electron chi connectivity index (χ2n) is 8.14. The zero-order valence-electron chi connectivity index (χ0n) is 18.8. The minimum Gasteiger partial charge on any atom is -0.492 e. The Bertz CT molecular complexity index is 1080. The predicted molar refractivity (Wildman–Crippen MR) is 127 cm³/mol. The molecule has 1 fully saturated rings. The SMILES string of the molecule is NC(=O)C1C=C(Cl)C=CC1NC(=O)c1ccc(OCCN=C2CCCCC2=C(N)C(F)(F)F)cc1. The number of nitrogens with zero attached hydrogens (tertiary/aromatic N) is 1. The van der Waals surface area contributed by atoms with Gasteiger partial charge < -0.3 is 21.5 Å². The minimum absolute atomic E-state index is 0.0725. The number of alkyl halides is 3. The average Bonchev–Trinajstić information content (AvgIpc) is 2.82. The first-order valence-corrected chi connectivity index (χ1v) is 11.4. The zero-order valence-corrected chi connectivity index (χ0v) is 19.5. The van der Waals surface area contributed by atoms with Crippen molar-refractivity contribution >= 4 is 29.1 Å². The molecule has 0 heterocycles. The van der Waals surface area contributed by atoms with Crippen molar-refractivity contribution in [3.63, 3.8) is 0 Å². The van der Waals surface area contributed by atoms with Crippen molar-refractivity contribution in [1.82, 2.24) is 5.32 Å². The molecular formula is C24H26ClF3N4O3. The fourth-order valence-electron chi connectivity index (χ4n) is 3.85. The lowest BCUT2D eigenvalue weighted by Gasteiger charge is -2.23. The Morgan fingerprint density at radius 3 is 2.49 bits per heavy atom. The molecule has 2 aliphatic carbocycles. The van der Waals surface area contributed by atoms with Gasteiger partial charge in [0, 0.05) is 21.9 Å². The summed E-state index contributed by atoms with van der Waals surface area (Å²) in [5.74, 6) is -1.30. The number of nitrogens with one attached hydrogen (secondary N) is 1. The molecule has 2 atom stereocenters. The number of aliphatic imine (C=N–C) groups is 1. The van der Waals surface area contributed by atoms with Gasteiger partial charge >= 0.3 is 6.18 Å².